The van der Waals surface area contributed by atoms with Gasteiger partial charge in [0.05, 0.1) is 11.1 Å². The number of amides is 4. The molecule has 0 spiro atoms. The molecule has 4 amide bonds. The predicted octanol–water partition coefficient (Wildman–Crippen LogP) is 2.98. The quantitative estimate of drug-likeness (QED) is 0.656. The molecule has 2 aliphatic rings. The van der Waals surface area contributed by atoms with Crippen molar-refractivity contribution in [3.63, 3.8) is 0 Å². The van der Waals surface area contributed by atoms with E-state index in [4.69, 9.17) is 4.74 Å². The first-order chi connectivity index (χ1) is 16.0. The Balaban J connectivity index is 1.14. The van der Waals surface area contributed by atoms with E-state index in [0.717, 1.165) is 5.56 Å². The van der Waals surface area contributed by atoms with Crippen LogP contribution in [0.2, 0.25) is 0 Å². The number of carbonyl (C=O) groups excluding carboxylic acids is 4. The highest BCUT2D eigenvalue weighted by molar-refractivity contribution is 6.21. The van der Waals surface area contributed by atoms with E-state index in [1.165, 1.54) is 4.90 Å². The summed E-state index contributed by atoms with van der Waals surface area (Å²) in [5, 5.41) is 3.00. The first-order valence-corrected chi connectivity index (χ1v) is 11.2. The Labute approximate surface area is 192 Å². The normalized spacial score (nSPS) is 16.0. The summed E-state index contributed by atoms with van der Waals surface area (Å²) in [6, 6.07) is 16.3. The van der Waals surface area contributed by atoms with Crippen molar-refractivity contribution in [3.8, 4) is 0 Å². The van der Waals surface area contributed by atoms with Crippen LogP contribution in [0.4, 0.5) is 4.79 Å². The number of likely N-dealkylation sites (tertiary alicyclic amines) is 1. The molecule has 0 radical (unpaired) electrons. The number of piperidine rings is 1. The Morgan fingerprint density at radius 2 is 1.52 bits per heavy atom. The van der Waals surface area contributed by atoms with Gasteiger partial charge in [-0.25, -0.2) is 4.79 Å². The molecule has 8 heteroatoms. The molecule has 0 aromatic heterocycles. The van der Waals surface area contributed by atoms with E-state index in [0.29, 0.717) is 43.5 Å². The molecule has 2 aromatic carbocycles. The molecule has 4 rings (SSSR count). The van der Waals surface area contributed by atoms with Crippen molar-refractivity contribution in [2.45, 2.75) is 38.3 Å². The third-order valence-electron chi connectivity index (χ3n) is 5.99. The summed E-state index contributed by atoms with van der Waals surface area (Å²) in [4.78, 5) is 52.2. The molecule has 2 aromatic rings. The fraction of sp³-hybridized carbons (Fsp3) is 0.360. The summed E-state index contributed by atoms with van der Waals surface area (Å²) in [6.45, 7) is 1.50. The van der Waals surface area contributed by atoms with Crippen LogP contribution in [0.25, 0.3) is 0 Å². The lowest BCUT2D eigenvalue weighted by atomic mass is 10.1. The first kappa shape index (κ1) is 22.5. The van der Waals surface area contributed by atoms with E-state index in [1.807, 2.05) is 30.3 Å². The summed E-state index contributed by atoms with van der Waals surface area (Å²) in [6.07, 6.45) is 1.61. The lowest BCUT2D eigenvalue weighted by Crippen LogP contribution is -2.46. The molecule has 1 N–H and O–H groups in total. The van der Waals surface area contributed by atoms with Crippen LogP contribution in [0.15, 0.2) is 54.6 Å². The number of hydrogen-bond donors (Lipinski definition) is 1. The van der Waals surface area contributed by atoms with Crippen molar-refractivity contribution in [3.05, 3.63) is 71.3 Å². The van der Waals surface area contributed by atoms with Gasteiger partial charge in [-0.05, 0) is 37.0 Å². The number of benzene rings is 2. The SMILES string of the molecule is O=C(CCCN1C(=O)c2ccccc2C1=O)NC1CCN(C(=O)OCc2ccccc2)CC1. The molecule has 1 fully saturated rings. The Hall–Kier alpha value is -3.68. The van der Waals surface area contributed by atoms with Gasteiger partial charge in [0.25, 0.3) is 11.8 Å². The number of imide groups is 1. The topological polar surface area (TPSA) is 96.0 Å². The maximum atomic E-state index is 12.4. The van der Waals surface area contributed by atoms with E-state index in [-0.39, 0.29) is 49.4 Å². The van der Waals surface area contributed by atoms with Crippen molar-refractivity contribution in [2.75, 3.05) is 19.6 Å². The number of hydrogen-bond acceptors (Lipinski definition) is 5. The van der Waals surface area contributed by atoms with E-state index in [9.17, 15) is 19.2 Å². The Morgan fingerprint density at radius 1 is 0.909 bits per heavy atom. The highest BCUT2D eigenvalue weighted by atomic mass is 16.6. The van der Waals surface area contributed by atoms with Gasteiger partial charge in [-0.2, -0.15) is 0 Å². The fourth-order valence-corrected chi connectivity index (χ4v) is 4.16. The molecule has 2 aliphatic heterocycles. The zero-order valence-corrected chi connectivity index (χ0v) is 18.4. The Bertz CT molecular complexity index is 996. The maximum absolute atomic E-state index is 12.4. The van der Waals surface area contributed by atoms with Crippen LogP contribution < -0.4 is 5.32 Å². The lowest BCUT2D eigenvalue weighted by molar-refractivity contribution is -0.122. The van der Waals surface area contributed by atoms with E-state index < -0.39 is 0 Å². The molecule has 0 aliphatic carbocycles. The van der Waals surface area contributed by atoms with E-state index >= 15 is 0 Å². The second-order valence-corrected chi connectivity index (χ2v) is 8.28. The minimum atomic E-state index is -0.343. The third kappa shape index (κ3) is 5.39. The molecule has 172 valence electrons. The highest BCUT2D eigenvalue weighted by Crippen LogP contribution is 2.22. The van der Waals surface area contributed by atoms with E-state index in [2.05, 4.69) is 5.32 Å². The van der Waals surface area contributed by atoms with Gasteiger partial charge in [0.2, 0.25) is 5.91 Å². The number of fused-ring (bicyclic) bond motifs is 1. The van der Waals surface area contributed by atoms with Gasteiger partial charge < -0.3 is 15.0 Å². The number of ether oxygens (including phenoxy) is 1. The minimum absolute atomic E-state index is 0.00465. The third-order valence-corrected chi connectivity index (χ3v) is 5.99. The van der Waals surface area contributed by atoms with Crippen LogP contribution in [0.5, 0.6) is 0 Å². The monoisotopic (exact) mass is 449 g/mol. The average Bonchev–Trinajstić information content (AvgIpc) is 3.08. The maximum Gasteiger partial charge on any atom is 0.410 e. The number of carbonyl (C=O) groups is 4. The van der Waals surface area contributed by atoms with Gasteiger partial charge in [0.15, 0.2) is 0 Å². The van der Waals surface area contributed by atoms with E-state index in [1.54, 1.807) is 29.2 Å². The smallest absolute Gasteiger partial charge is 0.410 e. The first-order valence-electron chi connectivity index (χ1n) is 11.2. The molecule has 8 nitrogen and oxygen atoms in total. The van der Waals surface area contributed by atoms with Gasteiger partial charge in [-0.1, -0.05) is 42.5 Å². The van der Waals surface area contributed by atoms with Gasteiger partial charge in [-0.3, -0.25) is 19.3 Å². The van der Waals surface area contributed by atoms with Crippen LogP contribution in [0, 0.1) is 0 Å². The summed E-state index contributed by atoms with van der Waals surface area (Å²) in [5.41, 5.74) is 1.77. The summed E-state index contributed by atoms with van der Waals surface area (Å²) >= 11 is 0. The summed E-state index contributed by atoms with van der Waals surface area (Å²) in [7, 11) is 0. The molecular formula is C25H27N3O5. The van der Waals surface area contributed by atoms with Crippen molar-refractivity contribution in [1.82, 2.24) is 15.1 Å². The van der Waals surface area contributed by atoms with Gasteiger partial charge in [0, 0.05) is 32.1 Å². The second kappa shape index (κ2) is 10.3. The van der Waals surface area contributed by atoms with Crippen molar-refractivity contribution in [2.24, 2.45) is 0 Å². The average molecular weight is 450 g/mol. The summed E-state index contributed by atoms with van der Waals surface area (Å²) in [5.74, 6) is -0.721. The van der Waals surface area contributed by atoms with Crippen LogP contribution in [0.1, 0.15) is 52.0 Å². The molecule has 0 saturated carbocycles. The highest BCUT2D eigenvalue weighted by Gasteiger charge is 2.34. The largest absolute Gasteiger partial charge is 0.445 e. The van der Waals surface area contributed by atoms with Crippen molar-refractivity contribution in [1.29, 1.82) is 0 Å². The molecular weight excluding hydrogens is 422 g/mol. The molecule has 33 heavy (non-hydrogen) atoms. The molecule has 0 unspecified atom stereocenters. The zero-order valence-electron chi connectivity index (χ0n) is 18.4. The lowest BCUT2D eigenvalue weighted by Gasteiger charge is -2.31. The van der Waals surface area contributed by atoms with Gasteiger partial charge >= 0.3 is 6.09 Å². The number of nitrogens with zero attached hydrogens (tertiary/aromatic N) is 2. The molecule has 1 saturated heterocycles. The molecule has 0 atom stereocenters. The Kier molecular flexibility index (Phi) is 7.02. The minimum Gasteiger partial charge on any atom is -0.445 e. The molecule has 2 heterocycles. The van der Waals surface area contributed by atoms with Gasteiger partial charge in [0.1, 0.15) is 6.61 Å². The van der Waals surface area contributed by atoms with Gasteiger partial charge in [-0.15, -0.1) is 0 Å². The zero-order chi connectivity index (χ0) is 23.2. The van der Waals surface area contributed by atoms with Crippen molar-refractivity contribution >= 4 is 23.8 Å². The number of rotatable bonds is 7. The summed E-state index contributed by atoms with van der Waals surface area (Å²) < 4.78 is 5.37. The standard InChI is InChI=1S/C25H27N3O5/c29-22(11-6-14-28-23(30)20-9-4-5-10-21(20)24(28)31)26-19-12-15-27(16-13-19)25(32)33-17-18-7-2-1-3-8-18/h1-5,7-10,19H,6,11-17H2,(H,26,29). The predicted molar refractivity (Wildman–Crippen MR) is 120 cm³/mol. The van der Waals surface area contributed by atoms with Crippen LogP contribution in [-0.2, 0) is 16.1 Å². The Morgan fingerprint density at radius 3 is 2.15 bits per heavy atom. The fourth-order valence-electron chi connectivity index (χ4n) is 4.16. The van der Waals surface area contributed by atoms with Crippen LogP contribution >= 0.6 is 0 Å². The second-order valence-electron chi connectivity index (χ2n) is 8.28. The number of nitrogens with one attached hydrogen (secondary N) is 1. The van der Waals surface area contributed by atoms with Crippen molar-refractivity contribution < 1.29 is 23.9 Å². The molecule has 0 bridgehead atoms. The van der Waals surface area contributed by atoms with Crippen LogP contribution in [0.3, 0.4) is 0 Å². The van der Waals surface area contributed by atoms with Crippen LogP contribution in [-0.4, -0.2) is 59.3 Å².